The summed E-state index contributed by atoms with van der Waals surface area (Å²) in [5, 5.41) is 21.4. The average Bonchev–Trinajstić information content (AvgIpc) is 2.31. The summed E-state index contributed by atoms with van der Waals surface area (Å²) < 4.78 is 32.1. The summed E-state index contributed by atoms with van der Waals surface area (Å²) in [6.45, 7) is 1.56. The fraction of sp³-hybridized carbons (Fsp3) is 0.333. The van der Waals surface area contributed by atoms with Crippen LogP contribution in [0, 0.1) is 6.92 Å². The Hall–Kier alpha value is -0.520. The van der Waals surface area contributed by atoms with Crippen molar-refractivity contribution in [2.24, 2.45) is 0 Å². The van der Waals surface area contributed by atoms with Crippen molar-refractivity contribution >= 4 is 38.1 Å². The summed E-state index contributed by atoms with van der Waals surface area (Å²) in [7, 11) is -3.77. The van der Waals surface area contributed by atoms with E-state index in [1.54, 1.807) is 6.92 Å². The van der Waals surface area contributed by atoms with Gasteiger partial charge in [0.15, 0.2) is 11.5 Å². The van der Waals surface area contributed by atoms with E-state index in [1.807, 2.05) is 0 Å². The first-order valence-corrected chi connectivity index (χ1v) is 8.30. The van der Waals surface area contributed by atoms with Gasteiger partial charge in [-0.1, -0.05) is 21.0 Å². The molecular formula is C9H11BrO7S2. The highest BCUT2D eigenvalue weighted by atomic mass is 79.9. The van der Waals surface area contributed by atoms with Crippen molar-refractivity contribution in [3.63, 3.8) is 0 Å². The van der Waals surface area contributed by atoms with Gasteiger partial charge in [0.1, 0.15) is 0 Å². The molecule has 0 saturated carbocycles. The molecule has 0 amide bonds. The number of alkyl halides is 1. The molecule has 0 fully saturated rings. The van der Waals surface area contributed by atoms with Crippen molar-refractivity contribution < 1.29 is 32.3 Å². The highest BCUT2D eigenvalue weighted by molar-refractivity contribution is 9.09. The van der Waals surface area contributed by atoms with Gasteiger partial charge in [-0.2, -0.15) is 8.42 Å². The zero-order valence-electron chi connectivity index (χ0n) is 9.70. The molecule has 0 heterocycles. The second-order valence-corrected chi connectivity index (χ2v) is 6.61. The van der Waals surface area contributed by atoms with E-state index in [2.05, 4.69) is 25.3 Å². The van der Waals surface area contributed by atoms with E-state index >= 15 is 0 Å². The molecule has 0 saturated heterocycles. The lowest BCUT2D eigenvalue weighted by molar-refractivity contribution is -0.432. The van der Waals surface area contributed by atoms with Crippen LogP contribution in [0.25, 0.3) is 0 Å². The lowest BCUT2D eigenvalue weighted by Crippen LogP contribution is -2.15. The van der Waals surface area contributed by atoms with Crippen LogP contribution in [0.1, 0.15) is 5.56 Å². The van der Waals surface area contributed by atoms with Crippen LogP contribution in [0.4, 0.5) is 0 Å². The normalized spacial score (nSPS) is 11.5. The van der Waals surface area contributed by atoms with Gasteiger partial charge in [0, 0.05) is 10.2 Å². The van der Waals surface area contributed by atoms with E-state index in [0.717, 1.165) is 0 Å². The standard InChI is InChI=1S/C9H11BrO7S2/c1-6-4-7(18-17-16-12)5-8(11)9(6)15-19(13,14)3-2-10/h4-5,11-12H,2-3H2,1H3. The smallest absolute Gasteiger partial charge is 0.310 e. The summed E-state index contributed by atoms with van der Waals surface area (Å²) in [6.07, 6.45) is 0. The summed E-state index contributed by atoms with van der Waals surface area (Å²) in [5.41, 5.74) is 0.391. The minimum atomic E-state index is -3.77. The van der Waals surface area contributed by atoms with Gasteiger partial charge in [0.05, 0.1) is 17.8 Å². The number of aromatic hydroxyl groups is 1. The predicted octanol–water partition coefficient (Wildman–Crippen LogP) is 2.23. The summed E-state index contributed by atoms with van der Waals surface area (Å²) >= 11 is 3.64. The van der Waals surface area contributed by atoms with E-state index < -0.39 is 10.1 Å². The topological polar surface area (TPSA) is 102 Å². The largest absolute Gasteiger partial charge is 0.504 e. The third kappa shape index (κ3) is 5.16. The predicted molar refractivity (Wildman–Crippen MR) is 71.7 cm³/mol. The number of rotatable bonds is 7. The second-order valence-electron chi connectivity index (χ2n) is 3.35. The first-order valence-electron chi connectivity index (χ1n) is 4.86. The maximum absolute atomic E-state index is 11.5. The molecule has 19 heavy (non-hydrogen) atoms. The third-order valence-electron chi connectivity index (χ3n) is 1.93. The van der Waals surface area contributed by atoms with Crippen LogP contribution in [0.5, 0.6) is 11.5 Å². The van der Waals surface area contributed by atoms with Crippen molar-refractivity contribution in [2.45, 2.75) is 11.8 Å². The quantitative estimate of drug-likeness (QED) is 0.246. The average molecular weight is 375 g/mol. The van der Waals surface area contributed by atoms with Gasteiger partial charge >= 0.3 is 10.1 Å². The molecule has 1 aromatic carbocycles. The SMILES string of the molecule is Cc1cc(SOOO)cc(O)c1OS(=O)(=O)CCBr. The molecule has 0 aliphatic carbocycles. The Kier molecular flexibility index (Phi) is 6.36. The van der Waals surface area contributed by atoms with Gasteiger partial charge in [-0.15, -0.1) is 4.33 Å². The lowest BCUT2D eigenvalue weighted by atomic mass is 10.2. The summed E-state index contributed by atoms with van der Waals surface area (Å²) in [4.78, 5) is 0.397. The maximum atomic E-state index is 11.5. The molecule has 108 valence electrons. The molecule has 0 aliphatic rings. The Morgan fingerprint density at radius 1 is 1.42 bits per heavy atom. The van der Waals surface area contributed by atoms with E-state index in [4.69, 9.17) is 9.44 Å². The minimum absolute atomic E-state index is 0.143. The Bertz CT molecular complexity index is 508. The summed E-state index contributed by atoms with van der Waals surface area (Å²) in [5.74, 6) is -0.721. The molecule has 0 aliphatic heterocycles. The number of hydrogen-bond donors (Lipinski definition) is 2. The van der Waals surface area contributed by atoms with Crippen LogP contribution in [-0.2, 0) is 19.5 Å². The number of hydrogen-bond acceptors (Lipinski definition) is 8. The number of phenols is 1. The maximum Gasteiger partial charge on any atom is 0.310 e. The number of aryl methyl sites for hydroxylation is 1. The molecule has 0 radical (unpaired) electrons. The van der Waals surface area contributed by atoms with Crippen molar-refractivity contribution in [3.8, 4) is 11.5 Å². The van der Waals surface area contributed by atoms with Crippen LogP contribution in [0.3, 0.4) is 0 Å². The highest BCUT2D eigenvalue weighted by Gasteiger charge is 2.18. The van der Waals surface area contributed by atoms with Crippen LogP contribution in [0.2, 0.25) is 0 Å². The van der Waals surface area contributed by atoms with Crippen LogP contribution < -0.4 is 4.18 Å². The Morgan fingerprint density at radius 3 is 2.63 bits per heavy atom. The van der Waals surface area contributed by atoms with Crippen LogP contribution >= 0.6 is 28.0 Å². The van der Waals surface area contributed by atoms with Crippen molar-refractivity contribution in [1.29, 1.82) is 0 Å². The van der Waals surface area contributed by atoms with Crippen molar-refractivity contribution in [2.75, 3.05) is 11.1 Å². The Labute approximate surface area is 122 Å². The monoisotopic (exact) mass is 374 g/mol. The number of halogens is 1. The molecule has 10 heteroatoms. The Balaban J connectivity index is 2.97. The molecule has 0 spiro atoms. The molecule has 0 unspecified atom stereocenters. The highest BCUT2D eigenvalue weighted by Crippen LogP contribution is 2.36. The molecule has 1 rings (SSSR count). The van der Waals surface area contributed by atoms with Crippen molar-refractivity contribution in [3.05, 3.63) is 17.7 Å². The summed E-state index contributed by atoms with van der Waals surface area (Å²) in [6, 6.07) is 2.72. The zero-order valence-corrected chi connectivity index (χ0v) is 12.9. The second kappa shape index (κ2) is 7.31. The van der Waals surface area contributed by atoms with E-state index in [-0.39, 0.29) is 22.6 Å². The molecule has 2 N–H and O–H groups in total. The fourth-order valence-electron chi connectivity index (χ4n) is 1.20. The van der Waals surface area contributed by atoms with E-state index in [0.29, 0.717) is 22.5 Å². The minimum Gasteiger partial charge on any atom is -0.504 e. The van der Waals surface area contributed by atoms with Crippen LogP contribution in [0.15, 0.2) is 17.0 Å². The molecule has 0 atom stereocenters. The first-order chi connectivity index (χ1) is 8.89. The van der Waals surface area contributed by atoms with E-state index in [9.17, 15) is 13.5 Å². The molecule has 0 aromatic heterocycles. The molecule has 7 nitrogen and oxygen atoms in total. The van der Waals surface area contributed by atoms with Gasteiger partial charge in [-0.3, -0.25) is 0 Å². The van der Waals surface area contributed by atoms with Gasteiger partial charge in [0.2, 0.25) is 0 Å². The van der Waals surface area contributed by atoms with E-state index in [1.165, 1.54) is 12.1 Å². The lowest BCUT2D eigenvalue weighted by Gasteiger charge is -2.11. The van der Waals surface area contributed by atoms with Gasteiger partial charge in [0.25, 0.3) is 0 Å². The van der Waals surface area contributed by atoms with Crippen LogP contribution in [-0.4, -0.2) is 29.9 Å². The first kappa shape index (κ1) is 16.5. The molecule has 0 bridgehead atoms. The fourth-order valence-corrected chi connectivity index (χ4v) is 3.62. The molecule has 1 aromatic rings. The zero-order chi connectivity index (χ0) is 14.5. The van der Waals surface area contributed by atoms with Gasteiger partial charge in [-0.25, -0.2) is 5.26 Å². The van der Waals surface area contributed by atoms with Crippen molar-refractivity contribution in [1.82, 2.24) is 0 Å². The third-order valence-corrected chi connectivity index (χ3v) is 4.53. The number of benzene rings is 1. The van der Waals surface area contributed by atoms with Gasteiger partial charge in [-0.05, 0) is 24.6 Å². The number of phenolic OH excluding ortho intramolecular Hbond substituents is 1. The Morgan fingerprint density at radius 2 is 2.11 bits per heavy atom. The molecular weight excluding hydrogens is 364 g/mol. The van der Waals surface area contributed by atoms with Gasteiger partial charge < -0.3 is 9.29 Å².